The summed E-state index contributed by atoms with van der Waals surface area (Å²) >= 11 is 0. The number of amides is 1. The van der Waals surface area contributed by atoms with E-state index in [1.165, 1.54) is 24.3 Å². The normalized spacial score (nSPS) is 10.5. The highest BCUT2D eigenvalue weighted by molar-refractivity contribution is 6.05. The van der Waals surface area contributed by atoms with Crippen molar-refractivity contribution in [2.24, 2.45) is 0 Å². The van der Waals surface area contributed by atoms with Crippen molar-refractivity contribution in [3.8, 4) is 5.75 Å². The van der Waals surface area contributed by atoms with Crippen LogP contribution in [0, 0.1) is 5.82 Å². The highest BCUT2D eigenvalue weighted by Crippen LogP contribution is 2.26. The van der Waals surface area contributed by atoms with Gasteiger partial charge in [0.05, 0.1) is 11.4 Å². The number of nitrogen functional groups attached to an aromatic ring is 1. The third kappa shape index (κ3) is 3.65. The molecule has 0 saturated carbocycles. The number of hydrogen-bond acceptors (Lipinski definition) is 3. The van der Waals surface area contributed by atoms with Crippen LogP contribution in [-0.4, -0.2) is 12.5 Å². The van der Waals surface area contributed by atoms with Crippen molar-refractivity contribution in [3.63, 3.8) is 0 Å². The Balaban J connectivity index is 2.21. The second-order valence-corrected chi connectivity index (χ2v) is 4.07. The molecule has 1 amide bonds. The van der Waals surface area contributed by atoms with Gasteiger partial charge in [-0.05, 0) is 30.3 Å². The van der Waals surface area contributed by atoms with E-state index < -0.39 is 18.3 Å². The van der Waals surface area contributed by atoms with Gasteiger partial charge >= 0.3 is 6.61 Å². The Labute approximate surface area is 118 Å². The molecular weight excluding hydrogens is 285 g/mol. The quantitative estimate of drug-likeness (QED) is 0.851. The molecule has 7 heteroatoms. The molecule has 0 saturated heterocycles. The van der Waals surface area contributed by atoms with Gasteiger partial charge < -0.3 is 15.8 Å². The first-order valence-electron chi connectivity index (χ1n) is 5.87. The van der Waals surface area contributed by atoms with E-state index in [2.05, 4.69) is 10.1 Å². The number of nitrogens with two attached hydrogens (primary N) is 1. The van der Waals surface area contributed by atoms with Crippen LogP contribution in [0.1, 0.15) is 10.4 Å². The van der Waals surface area contributed by atoms with E-state index in [0.717, 1.165) is 12.1 Å². The minimum atomic E-state index is -3.01. The van der Waals surface area contributed by atoms with Crippen LogP contribution in [0.5, 0.6) is 5.75 Å². The molecule has 0 bridgehead atoms. The lowest BCUT2D eigenvalue weighted by Gasteiger charge is -2.11. The molecular formula is C14H11F3N2O2. The number of ether oxygens (including phenoxy) is 1. The summed E-state index contributed by atoms with van der Waals surface area (Å²) in [7, 11) is 0. The van der Waals surface area contributed by atoms with Crippen molar-refractivity contribution in [1.82, 2.24) is 0 Å². The Morgan fingerprint density at radius 1 is 1.19 bits per heavy atom. The number of carbonyl (C=O) groups excluding carboxylic acids is 1. The van der Waals surface area contributed by atoms with Crippen molar-refractivity contribution in [2.45, 2.75) is 6.61 Å². The van der Waals surface area contributed by atoms with E-state index in [1.54, 1.807) is 6.07 Å². The van der Waals surface area contributed by atoms with E-state index in [1.807, 2.05) is 0 Å². The van der Waals surface area contributed by atoms with E-state index in [-0.39, 0.29) is 22.7 Å². The average Bonchev–Trinajstić information content (AvgIpc) is 2.43. The molecule has 0 aromatic heterocycles. The standard InChI is InChI=1S/C14H11F3N2O2/c15-9-6-5-8(7-10(9)18)13(20)19-11-3-1-2-4-12(11)21-14(16)17/h1-7,14H,18H2,(H,19,20). The number of anilines is 2. The molecule has 0 fully saturated rings. The summed E-state index contributed by atoms with van der Waals surface area (Å²) in [5.41, 5.74) is 5.36. The van der Waals surface area contributed by atoms with E-state index >= 15 is 0 Å². The lowest BCUT2D eigenvalue weighted by molar-refractivity contribution is -0.0493. The van der Waals surface area contributed by atoms with Crippen molar-refractivity contribution in [3.05, 3.63) is 53.8 Å². The zero-order valence-electron chi connectivity index (χ0n) is 10.6. The van der Waals surface area contributed by atoms with Gasteiger partial charge in [-0.3, -0.25) is 4.79 Å². The van der Waals surface area contributed by atoms with Gasteiger partial charge in [-0.1, -0.05) is 12.1 Å². The smallest absolute Gasteiger partial charge is 0.387 e. The van der Waals surface area contributed by atoms with Crippen LogP contribution < -0.4 is 15.8 Å². The molecule has 0 heterocycles. The predicted octanol–water partition coefficient (Wildman–Crippen LogP) is 3.26. The number of benzene rings is 2. The van der Waals surface area contributed by atoms with Crippen molar-refractivity contribution >= 4 is 17.3 Å². The Morgan fingerprint density at radius 2 is 1.90 bits per heavy atom. The number of halogens is 3. The van der Waals surface area contributed by atoms with Crippen LogP contribution in [0.3, 0.4) is 0 Å². The maximum atomic E-state index is 13.0. The van der Waals surface area contributed by atoms with Crippen LogP contribution in [0.2, 0.25) is 0 Å². The molecule has 0 radical (unpaired) electrons. The Bertz CT molecular complexity index is 662. The van der Waals surface area contributed by atoms with Crippen molar-refractivity contribution in [1.29, 1.82) is 0 Å². The first kappa shape index (κ1) is 14.7. The van der Waals surface area contributed by atoms with Crippen LogP contribution in [0.4, 0.5) is 24.5 Å². The highest BCUT2D eigenvalue weighted by atomic mass is 19.3. The SMILES string of the molecule is Nc1cc(C(=O)Nc2ccccc2OC(F)F)ccc1F. The van der Waals surface area contributed by atoms with E-state index in [4.69, 9.17) is 5.73 Å². The zero-order chi connectivity index (χ0) is 15.4. The lowest BCUT2D eigenvalue weighted by atomic mass is 10.1. The van der Waals surface area contributed by atoms with Gasteiger partial charge in [-0.15, -0.1) is 0 Å². The molecule has 0 spiro atoms. The largest absolute Gasteiger partial charge is 0.433 e. The van der Waals surface area contributed by atoms with Gasteiger partial charge in [0.25, 0.3) is 5.91 Å². The second kappa shape index (κ2) is 6.17. The van der Waals surface area contributed by atoms with Crippen molar-refractivity contribution < 1.29 is 22.7 Å². The van der Waals surface area contributed by atoms with Crippen LogP contribution in [0.25, 0.3) is 0 Å². The lowest BCUT2D eigenvalue weighted by Crippen LogP contribution is -2.14. The second-order valence-electron chi connectivity index (χ2n) is 4.07. The van der Waals surface area contributed by atoms with Crippen LogP contribution in [0.15, 0.2) is 42.5 Å². The molecule has 21 heavy (non-hydrogen) atoms. The molecule has 4 nitrogen and oxygen atoms in total. The molecule has 2 rings (SSSR count). The van der Waals surface area contributed by atoms with Crippen LogP contribution >= 0.6 is 0 Å². The Morgan fingerprint density at radius 3 is 2.57 bits per heavy atom. The molecule has 0 aliphatic rings. The number of rotatable bonds is 4. The summed E-state index contributed by atoms with van der Waals surface area (Å²) in [6.07, 6.45) is 0. The number of para-hydroxylation sites is 2. The molecule has 0 unspecified atom stereocenters. The minimum Gasteiger partial charge on any atom is -0.433 e. The van der Waals surface area contributed by atoms with Crippen LogP contribution in [-0.2, 0) is 0 Å². The number of carbonyl (C=O) groups is 1. The molecule has 3 N–H and O–H groups in total. The average molecular weight is 296 g/mol. The summed E-state index contributed by atoms with van der Waals surface area (Å²) in [4.78, 5) is 12.0. The fraction of sp³-hybridized carbons (Fsp3) is 0.0714. The third-order valence-electron chi connectivity index (χ3n) is 2.61. The molecule has 0 atom stereocenters. The van der Waals surface area contributed by atoms with Gasteiger partial charge in [0.2, 0.25) is 0 Å². The topological polar surface area (TPSA) is 64.4 Å². The third-order valence-corrected chi connectivity index (χ3v) is 2.61. The first-order chi connectivity index (χ1) is 9.97. The molecule has 0 aliphatic heterocycles. The van der Waals surface area contributed by atoms with Gasteiger partial charge in [-0.25, -0.2) is 4.39 Å². The number of hydrogen-bond donors (Lipinski definition) is 2. The summed E-state index contributed by atoms with van der Waals surface area (Å²) in [5, 5.41) is 2.40. The monoisotopic (exact) mass is 296 g/mol. The van der Waals surface area contributed by atoms with Gasteiger partial charge in [0, 0.05) is 5.56 Å². The molecule has 110 valence electrons. The number of alkyl halides is 2. The first-order valence-corrected chi connectivity index (χ1v) is 5.87. The minimum absolute atomic E-state index is 0.0747. The maximum absolute atomic E-state index is 13.0. The predicted molar refractivity (Wildman–Crippen MR) is 71.8 cm³/mol. The van der Waals surface area contributed by atoms with Gasteiger partial charge in [0.1, 0.15) is 11.6 Å². The van der Waals surface area contributed by atoms with Gasteiger partial charge in [-0.2, -0.15) is 8.78 Å². The highest BCUT2D eigenvalue weighted by Gasteiger charge is 2.13. The van der Waals surface area contributed by atoms with Gasteiger partial charge in [0.15, 0.2) is 0 Å². The Hall–Kier alpha value is -2.70. The van der Waals surface area contributed by atoms with E-state index in [9.17, 15) is 18.0 Å². The zero-order valence-corrected chi connectivity index (χ0v) is 10.6. The number of nitrogens with one attached hydrogen (secondary N) is 1. The summed E-state index contributed by atoms with van der Waals surface area (Å²) in [6, 6.07) is 9.17. The van der Waals surface area contributed by atoms with Crippen molar-refractivity contribution in [2.75, 3.05) is 11.1 Å². The summed E-state index contributed by atoms with van der Waals surface area (Å²) in [6.45, 7) is -3.01. The van der Waals surface area contributed by atoms with E-state index in [0.29, 0.717) is 0 Å². The Kier molecular flexibility index (Phi) is 4.32. The summed E-state index contributed by atoms with van der Waals surface area (Å²) < 4.78 is 41.9. The molecule has 2 aromatic rings. The molecule has 0 aliphatic carbocycles. The maximum Gasteiger partial charge on any atom is 0.387 e. The fourth-order valence-electron chi connectivity index (χ4n) is 1.65. The summed E-state index contributed by atoms with van der Waals surface area (Å²) in [5.74, 6) is -1.43. The fourth-order valence-corrected chi connectivity index (χ4v) is 1.65. The molecule has 2 aromatic carbocycles.